The molecular formula is C10H13BrFN. The zero-order valence-corrected chi connectivity index (χ0v) is 9.22. The van der Waals surface area contributed by atoms with Crippen molar-refractivity contribution in [2.75, 3.05) is 19.0 Å². The number of nitrogens with zero attached hydrogens (tertiary/aromatic N) is 1. The Labute approximate surface area is 86.7 Å². The van der Waals surface area contributed by atoms with Crippen LogP contribution in [0.3, 0.4) is 0 Å². The lowest BCUT2D eigenvalue weighted by molar-refractivity contribution is 0.398. The zero-order chi connectivity index (χ0) is 9.68. The van der Waals surface area contributed by atoms with Crippen molar-refractivity contribution in [2.24, 2.45) is 0 Å². The second-order valence-corrected chi connectivity index (χ2v) is 3.54. The minimum atomic E-state index is -0.106. The first kappa shape index (κ1) is 10.7. The smallest absolute Gasteiger partial charge is 0.126 e. The van der Waals surface area contributed by atoms with Crippen molar-refractivity contribution in [1.82, 2.24) is 4.90 Å². The summed E-state index contributed by atoms with van der Waals surface area (Å²) in [6, 6.07) is 6.92. The summed E-state index contributed by atoms with van der Waals surface area (Å²) < 4.78 is 13.1. The van der Waals surface area contributed by atoms with E-state index in [4.69, 9.17) is 0 Å². The first-order valence-electron chi connectivity index (χ1n) is 4.22. The highest BCUT2D eigenvalue weighted by atomic mass is 79.9. The van der Waals surface area contributed by atoms with Crippen LogP contribution in [0, 0.1) is 5.82 Å². The van der Waals surface area contributed by atoms with Crippen LogP contribution in [-0.2, 0) is 6.42 Å². The van der Waals surface area contributed by atoms with Crippen molar-refractivity contribution < 1.29 is 4.39 Å². The van der Waals surface area contributed by atoms with Gasteiger partial charge in [-0.3, -0.25) is 4.90 Å². The summed E-state index contributed by atoms with van der Waals surface area (Å²) in [5.74, 6) is -0.106. The Morgan fingerprint density at radius 2 is 2.08 bits per heavy atom. The maximum Gasteiger partial charge on any atom is 0.126 e. The topological polar surface area (TPSA) is 3.24 Å². The van der Waals surface area contributed by atoms with Crippen molar-refractivity contribution in [2.45, 2.75) is 6.42 Å². The molecule has 0 aromatic heterocycles. The molecule has 1 aromatic carbocycles. The van der Waals surface area contributed by atoms with Gasteiger partial charge >= 0.3 is 0 Å². The fourth-order valence-electron chi connectivity index (χ4n) is 1.07. The average Bonchev–Trinajstić information content (AvgIpc) is 2.16. The maximum atomic E-state index is 13.1. The fourth-order valence-corrected chi connectivity index (χ4v) is 1.32. The Balaban J connectivity index is 2.50. The molecule has 0 amide bonds. The van der Waals surface area contributed by atoms with Gasteiger partial charge in [-0.25, -0.2) is 4.39 Å². The van der Waals surface area contributed by atoms with Gasteiger partial charge in [0.05, 0.1) is 5.45 Å². The van der Waals surface area contributed by atoms with E-state index in [0.717, 1.165) is 24.0 Å². The van der Waals surface area contributed by atoms with Gasteiger partial charge in [0.15, 0.2) is 0 Å². The van der Waals surface area contributed by atoms with Crippen LogP contribution in [0.25, 0.3) is 0 Å². The summed E-state index contributed by atoms with van der Waals surface area (Å²) in [4.78, 5) is 2.09. The highest BCUT2D eigenvalue weighted by Gasteiger charge is 2.01. The molecule has 72 valence electrons. The molecule has 0 radical (unpaired) electrons. The molecule has 0 heterocycles. The Hall–Kier alpha value is -0.410. The van der Waals surface area contributed by atoms with E-state index in [0.29, 0.717) is 0 Å². The summed E-state index contributed by atoms with van der Waals surface area (Å²) in [5, 5.41) is 0. The van der Waals surface area contributed by atoms with Crippen LogP contribution in [0.4, 0.5) is 4.39 Å². The van der Waals surface area contributed by atoms with Gasteiger partial charge in [-0.15, -0.1) is 0 Å². The van der Waals surface area contributed by atoms with Crippen molar-refractivity contribution in [3.63, 3.8) is 0 Å². The van der Waals surface area contributed by atoms with Gasteiger partial charge < -0.3 is 0 Å². The Kier molecular flexibility index (Phi) is 4.39. The van der Waals surface area contributed by atoms with Gasteiger partial charge in [0.25, 0.3) is 0 Å². The summed E-state index contributed by atoms with van der Waals surface area (Å²) in [6.07, 6.45) is 0.759. The van der Waals surface area contributed by atoms with Crippen molar-refractivity contribution in [1.29, 1.82) is 0 Å². The van der Waals surface area contributed by atoms with E-state index in [2.05, 4.69) is 20.8 Å². The molecule has 0 aliphatic carbocycles. The summed E-state index contributed by atoms with van der Waals surface area (Å²) in [6.45, 7) is 0.867. The third kappa shape index (κ3) is 3.44. The third-order valence-corrected chi connectivity index (χ3v) is 2.78. The van der Waals surface area contributed by atoms with Crippen molar-refractivity contribution in [3.8, 4) is 0 Å². The van der Waals surface area contributed by atoms with E-state index < -0.39 is 0 Å². The first-order valence-corrected chi connectivity index (χ1v) is 5.34. The molecule has 0 unspecified atom stereocenters. The SMILES string of the molecule is CN(CBr)CCc1ccccc1F. The second kappa shape index (κ2) is 5.35. The lowest BCUT2D eigenvalue weighted by atomic mass is 10.1. The number of benzene rings is 1. The standard InChI is InChI=1S/C10H13BrFN/c1-13(8-11)7-6-9-4-2-3-5-10(9)12/h2-5H,6-8H2,1H3. The summed E-state index contributed by atoms with van der Waals surface area (Å²) >= 11 is 3.34. The molecule has 13 heavy (non-hydrogen) atoms. The molecule has 1 nitrogen and oxygen atoms in total. The van der Waals surface area contributed by atoms with Gasteiger partial charge in [0.2, 0.25) is 0 Å². The van der Waals surface area contributed by atoms with E-state index in [-0.39, 0.29) is 5.82 Å². The molecule has 0 bridgehead atoms. The van der Waals surface area contributed by atoms with Crippen molar-refractivity contribution in [3.05, 3.63) is 35.6 Å². The quantitative estimate of drug-likeness (QED) is 0.583. The van der Waals surface area contributed by atoms with Crippen LogP contribution in [0.5, 0.6) is 0 Å². The number of likely N-dealkylation sites (N-methyl/N-ethyl adjacent to an activating group) is 1. The van der Waals surface area contributed by atoms with E-state index in [9.17, 15) is 4.39 Å². The molecule has 0 spiro atoms. The van der Waals surface area contributed by atoms with E-state index in [1.807, 2.05) is 19.2 Å². The molecule has 0 N–H and O–H groups in total. The van der Waals surface area contributed by atoms with Crippen molar-refractivity contribution >= 4 is 15.9 Å². The summed E-state index contributed by atoms with van der Waals surface area (Å²) in [7, 11) is 2.00. The van der Waals surface area contributed by atoms with Gasteiger partial charge in [-0.05, 0) is 25.1 Å². The van der Waals surface area contributed by atoms with Gasteiger partial charge in [-0.1, -0.05) is 34.1 Å². The highest BCUT2D eigenvalue weighted by molar-refractivity contribution is 9.09. The number of rotatable bonds is 4. The maximum absolute atomic E-state index is 13.1. The molecule has 1 aromatic rings. The number of hydrogen-bond acceptors (Lipinski definition) is 1. The van der Waals surface area contributed by atoms with Crippen LogP contribution < -0.4 is 0 Å². The minimum absolute atomic E-state index is 0.106. The molecule has 0 aliphatic rings. The van der Waals surface area contributed by atoms with Crippen LogP contribution in [-0.4, -0.2) is 23.9 Å². The molecule has 3 heteroatoms. The Morgan fingerprint density at radius 1 is 1.38 bits per heavy atom. The van der Waals surface area contributed by atoms with Crippen LogP contribution in [0.15, 0.2) is 24.3 Å². The minimum Gasteiger partial charge on any atom is -0.296 e. The number of alkyl halides is 1. The average molecular weight is 246 g/mol. The van der Waals surface area contributed by atoms with Gasteiger partial charge in [-0.2, -0.15) is 0 Å². The monoisotopic (exact) mass is 245 g/mol. The Bertz CT molecular complexity index is 265. The molecule has 0 saturated heterocycles. The largest absolute Gasteiger partial charge is 0.296 e. The Morgan fingerprint density at radius 3 is 2.69 bits per heavy atom. The molecule has 0 atom stereocenters. The normalized spacial score (nSPS) is 10.8. The fraction of sp³-hybridized carbons (Fsp3) is 0.400. The zero-order valence-electron chi connectivity index (χ0n) is 7.63. The molecular weight excluding hydrogens is 233 g/mol. The van der Waals surface area contributed by atoms with E-state index in [1.165, 1.54) is 6.07 Å². The van der Waals surface area contributed by atoms with Gasteiger partial charge in [0, 0.05) is 6.54 Å². The predicted molar refractivity (Wildman–Crippen MR) is 56.5 cm³/mol. The lowest BCUT2D eigenvalue weighted by Crippen LogP contribution is -2.19. The van der Waals surface area contributed by atoms with Crippen LogP contribution in [0.1, 0.15) is 5.56 Å². The molecule has 0 aliphatic heterocycles. The van der Waals surface area contributed by atoms with E-state index >= 15 is 0 Å². The van der Waals surface area contributed by atoms with Crippen LogP contribution >= 0.6 is 15.9 Å². The summed E-state index contributed by atoms with van der Waals surface area (Å²) in [5.41, 5.74) is 1.61. The highest BCUT2D eigenvalue weighted by Crippen LogP contribution is 2.07. The number of hydrogen-bond donors (Lipinski definition) is 0. The van der Waals surface area contributed by atoms with Gasteiger partial charge in [0.1, 0.15) is 5.82 Å². The first-order chi connectivity index (χ1) is 6.24. The third-order valence-electron chi connectivity index (χ3n) is 1.92. The molecule has 0 fully saturated rings. The predicted octanol–water partition coefficient (Wildman–Crippen LogP) is 2.65. The second-order valence-electron chi connectivity index (χ2n) is 3.04. The molecule has 1 rings (SSSR count). The lowest BCUT2D eigenvalue weighted by Gasteiger charge is -2.12. The molecule has 0 saturated carbocycles. The van der Waals surface area contributed by atoms with E-state index in [1.54, 1.807) is 6.07 Å². The van der Waals surface area contributed by atoms with Crippen LogP contribution in [0.2, 0.25) is 0 Å². The number of halogens is 2.